The zero-order valence-corrected chi connectivity index (χ0v) is 15.9. The molecule has 0 spiro atoms. The summed E-state index contributed by atoms with van der Waals surface area (Å²) in [6.45, 7) is 1.78. The van der Waals surface area contributed by atoms with Crippen LogP contribution in [0.4, 0.5) is 4.39 Å². The fourth-order valence-electron chi connectivity index (χ4n) is 2.66. The van der Waals surface area contributed by atoms with E-state index in [1.165, 1.54) is 18.3 Å². The lowest BCUT2D eigenvalue weighted by atomic mass is 10.1. The van der Waals surface area contributed by atoms with E-state index in [0.29, 0.717) is 30.0 Å². The molecule has 2 N–H and O–H groups in total. The van der Waals surface area contributed by atoms with Gasteiger partial charge in [0.2, 0.25) is 0 Å². The van der Waals surface area contributed by atoms with Gasteiger partial charge in [-0.2, -0.15) is 5.10 Å². The monoisotopic (exact) mass is 382 g/mol. The van der Waals surface area contributed by atoms with Crippen LogP contribution >= 0.6 is 0 Å². The molecule has 2 aromatic carbocycles. The van der Waals surface area contributed by atoms with E-state index in [4.69, 9.17) is 4.74 Å². The third kappa shape index (κ3) is 5.17. The van der Waals surface area contributed by atoms with Crippen LogP contribution in [0.5, 0.6) is 5.75 Å². The lowest BCUT2D eigenvalue weighted by molar-refractivity contribution is 0.0951. The Morgan fingerprint density at radius 1 is 1.21 bits per heavy atom. The zero-order valence-electron chi connectivity index (χ0n) is 15.9. The Morgan fingerprint density at radius 3 is 2.75 bits per heavy atom. The average molecular weight is 382 g/mol. The highest BCUT2D eigenvalue weighted by molar-refractivity contribution is 5.99. The van der Waals surface area contributed by atoms with Crippen molar-refractivity contribution in [2.45, 2.75) is 6.54 Å². The molecule has 6 nitrogen and oxygen atoms in total. The molecule has 28 heavy (non-hydrogen) atoms. The summed E-state index contributed by atoms with van der Waals surface area (Å²) in [7, 11) is 3.98. The molecule has 0 radical (unpaired) electrons. The normalized spacial score (nSPS) is 10.9. The Labute approximate surface area is 163 Å². The number of carbonyl (C=O) groups is 1. The largest absolute Gasteiger partial charge is 0.492 e. The minimum atomic E-state index is -0.332. The maximum Gasteiger partial charge on any atom is 0.255 e. The number of amides is 1. The van der Waals surface area contributed by atoms with Crippen LogP contribution in [0.25, 0.3) is 11.3 Å². The average Bonchev–Trinajstić information content (AvgIpc) is 3.17. The highest BCUT2D eigenvalue weighted by atomic mass is 19.1. The second-order valence-electron chi connectivity index (χ2n) is 6.65. The number of aromatic amines is 1. The Balaban J connectivity index is 1.62. The van der Waals surface area contributed by atoms with Crippen molar-refractivity contribution in [1.82, 2.24) is 20.4 Å². The maximum absolute atomic E-state index is 13.1. The van der Waals surface area contributed by atoms with E-state index in [1.54, 1.807) is 12.1 Å². The number of rotatable bonds is 8. The first-order chi connectivity index (χ1) is 13.5. The fraction of sp³-hybridized carbons (Fsp3) is 0.238. The molecule has 146 valence electrons. The van der Waals surface area contributed by atoms with Gasteiger partial charge in [-0.25, -0.2) is 4.39 Å². The SMILES string of the molecule is CN(C)CCOc1cccc(CNC(=O)c2cn[nH]c2-c2ccc(F)cc2)c1. The second-order valence-corrected chi connectivity index (χ2v) is 6.65. The zero-order chi connectivity index (χ0) is 19.9. The third-order valence-electron chi connectivity index (χ3n) is 4.18. The van der Waals surface area contributed by atoms with Gasteiger partial charge in [-0.15, -0.1) is 0 Å². The second kappa shape index (κ2) is 9.14. The van der Waals surface area contributed by atoms with Crippen molar-refractivity contribution in [3.8, 4) is 17.0 Å². The predicted octanol–water partition coefficient (Wildman–Crippen LogP) is 3.09. The molecule has 0 aliphatic carbocycles. The van der Waals surface area contributed by atoms with Gasteiger partial charge >= 0.3 is 0 Å². The third-order valence-corrected chi connectivity index (χ3v) is 4.18. The molecular formula is C21H23FN4O2. The summed E-state index contributed by atoms with van der Waals surface area (Å²) >= 11 is 0. The van der Waals surface area contributed by atoms with Gasteiger partial charge in [0.15, 0.2) is 0 Å². The van der Waals surface area contributed by atoms with Crippen LogP contribution in [-0.4, -0.2) is 48.3 Å². The molecule has 0 aliphatic heterocycles. The summed E-state index contributed by atoms with van der Waals surface area (Å²) in [6, 6.07) is 13.5. The molecule has 0 saturated heterocycles. The fourth-order valence-corrected chi connectivity index (χ4v) is 2.66. The lowest BCUT2D eigenvalue weighted by Crippen LogP contribution is -2.23. The topological polar surface area (TPSA) is 70.2 Å². The van der Waals surface area contributed by atoms with Gasteiger partial charge < -0.3 is 15.0 Å². The summed E-state index contributed by atoms with van der Waals surface area (Å²) in [5.74, 6) is 0.179. The van der Waals surface area contributed by atoms with E-state index >= 15 is 0 Å². The number of halogens is 1. The van der Waals surface area contributed by atoms with Crippen LogP contribution < -0.4 is 10.1 Å². The summed E-state index contributed by atoms with van der Waals surface area (Å²) in [6.07, 6.45) is 1.47. The van der Waals surface area contributed by atoms with Crippen LogP contribution in [0, 0.1) is 5.82 Å². The van der Waals surface area contributed by atoms with Crippen LogP contribution in [-0.2, 0) is 6.54 Å². The number of nitrogens with zero attached hydrogens (tertiary/aromatic N) is 2. The van der Waals surface area contributed by atoms with Gasteiger partial charge in [0.25, 0.3) is 5.91 Å². The van der Waals surface area contributed by atoms with Gasteiger partial charge in [0.1, 0.15) is 18.2 Å². The Morgan fingerprint density at radius 2 is 2.00 bits per heavy atom. The standard InChI is InChI=1S/C21H23FN4O2/c1-26(2)10-11-28-18-5-3-4-15(12-18)13-23-21(27)19-14-24-25-20(19)16-6-8-17(22)9-7-16/h3-9,12,14H,10-11,13H2,1-2H3,(H,23,27)(H,24,25). The van der Waals surface area contributed by atoms with Crippen LogP contribution in [0.15, 0.2) is 54.7 Å². The smallest absolute Gasteiger partial charge is 0.255 e. The van der Waals surface area contributed by atoms with E-state index in [2.05, 4.69) is 15.5 Å². The molecule has 0 unspecified atom stereocenters. The van der Waals surface area contributed by atoms with Crippen LogP contribution in [0.3, 0.4) is 0 Å². The molecular weight excluding hydrogens is 359 g/mol. The minimum absolute atomic E-state index is 0.257. The van der Waals surface area contributed by atoms with Crippen molar-refractivity contribution in [2.75, 3.05) is 27.2 Å². The van der Waals surface area contributed by atoms with Crippen molar-refractivity contribution < 1.29 is 13.9 Å². The van der Waals surface area contributed by atoms with Gasteiger partial charge in [-0.1, -0.05) is 12.1 Å². The Hall–Kier alpha value is -3.19. The predicted molar refractivity (Wildman–Crippen MR) is 106 cm³/mol. The number of likely N-dealkylation sites (N-methyl/N-ethyl adjacent to an activating group) is 1. The first kappa shape index (κ1) is 19.6. The molecule has 0 saturated carbocycles. The highest BCUT2D eigenvalue weighted by Crippen LogP contribution is 2.21. The van der Waals surface area contributed by atoms with E-state index in [-0.39, 0.29) is 11.7 Å². The van der Waals surface area contributed by atoms with Crippen LogP contribution in [0.1, 0.15) is 15.9 Å². The van der Waals surface area contributed by atoms with Gasteiger partial charge in [-0.3, -0.25) is 9.89 Å². The van der Waals surface area contributed by atoms with Crippen molar-refractivity contribution in [1.29, 1.82) is 0 Å². The number of nitrogens with one attached hydrogen (secondary N) is 2. The number of benzene rings is 2. The van der Waals surface area contributed by atoms with Crippen molar-refractivity contribution in [3.05, 3.63) is 71.7 Å². The summed E-state index contributed by atoms with van der Waals surface area (Å²) < 4.78 is 18.9. The number of H-pyrrole nitrogens is 1. The molecule has 0 aliphatic rings. The molecule has 0 fully saturated rings. The van der Waals surface area contributed by atoms with E-state index < -0.39 is 0 Å². The van der Waals surface area contributed by atoms with Crippen molar-refractivity contribution in [2.24, 2.45) is 0 Å². The summed E-state index contributed by atoms with van der Waals surface area (Å²) in [5.41, 5.74) is 2.59. The molecule has 3 aromatic rings. The number of hydrogen-bond acceptors (Lipinski definition) is 4. The highest BCUT2D eigenvalue weighted by Gasteiger charge is 2.15. The molecule has 0 atom stereocenters. The quantitative estimate of drug-likeness (QED) is 0.628. The van der Waals surface area contributed by atoms with Crippen molar-refractivity contribution >= 4 is 5.91 Å². The number of hydrogen-bond donors (Lipinski definition) is 2. The molecule has 1 aromatic heterocycles. The number of aromatic nitrogens is 2. The summed E-state index contributed by atoms with van der Waals surface area (Å²) in [4.78, 5) is 14.6. The number of carbonyl (C=O) groups excluding carboxylic acids is 1. The Kier molecular flexibility index (Phi) is 6.39. The number of ether oxygens (including phenoxy) is 1. The van der Waals surface area contributed by atoms with Gasteiger partial charge in [-0.05, 0) is 56.1 Å². The van der Waals surface area contributed by atoms with Crippen molar-refractivity contribution in [3.63, 3.8) is 0 Å². The molecule has 7 heteroatoms. The minimum Gasteiger partial charge on any atom is -0.492 e. The summed E-state index contributed by atoms with van der Waals surface area (Å²) in [5, 5.41) is 9.65. The van der Waals surface area contributed by atoms with E-state index in [9.17, 15) is 9.18 Å². The molecule has 3 rings (SSSR count). The van der Waals surface area contributed by atoms with E-state index in [1.807, 2.05) is 43.3 Å². The first-order valence-corrected chi connectivity index (χ1v) is 8.97. The van der Waals surface area contributed by atoms with E-state index in [0.717, 1.165) is 17.9 Å². The maximum atomic E-state index is 13.1. The van der Waals surface area contributed by atoms with Gasteiger partial charge in [0, 0.05) is 18.7 Å². The molecule has 0 bridgehead atoms. The molecule has 1 amide bonds. The Bertz CT molecular complexity index is 922. The van der Waals surface area contributed by atoms with Gasteiger partial charge in [0.05, 0.1) is 17.5 Å². The van der Waals surface area contributed by atoms with Crippen LogP contribution in [0.2, 0.25) is 0 Å². The molecule has 1 heterocycles. The lowest BCUT2D eigenvalue weighted by Gasteiger charge is -2.12. The first-order valence-electron chi connectivity index (χ1n) is 8.97.